The fourth-order valence-corrected chi connectivity index (χ4v) is 2.99. The van der Waals surface area contributed by atoms with Gasteiger partial charge in [-0.1, -0.05) is 29.8 Å². The molecule has 0 amide bonds. The van der Waals surface area contributed by atoms with E-state index in [0.29, 0.717) is 0 Å². The second-order valence-electron chi connectivity index (χ2n) is 3.55. The van der Waals surface area contributed by atoms with Crippen LogP contribution in [0.5, 0.6) is 0 Å². The van der Waals surface area contributed by atoms with E-state index >= 15 is 0 Å². The zero-order valence-corrected chi connectivity index (χ0v) is 10.7. The molecule has 2 aromatic rings. The lowest BCUT2D eigenvalue weighted by Gasteiger charge is -2.09. The zero-order valence-electron chi connectivity index (χ0n) is 9.10. The SMILES string of the molecule is O=S(=O)(Nc1cccc(F)c1)c1ccccc1Cl. The highest BCUT2D eigenvalue weighted by Crippen LogP contribution is 2.23. The van der Waals surface area contributed by atoms with E-state index in [4.69, 9.17) is 11.6 Å². The Labute approximate surface area is 109 Å². The molecule has 0 bridgehead atoms. The zero-order chi connectivity index (χ0) is 13.2. The lowest BCUT2D eigenvalue weighted by Crippen LogP contribution is -2.13. The Kier molecular flexibility index (Phi) is 3.54. The van der Waals surface area contributed by atoms with E-state index in [9.17, 15) is 12.8 Å². The standard InChI is InChI=1S/C12H9ClFNO2S/c13-11-6-1-2-7-12(11)18(16,17)15-10-5-3-4-9(14)8-10/h1-8,15H. The minimum absolute atomic E-state index is 0.0454. The van der Waals surface area contributed by atoms with Gasteiger partial charge in [0.1, 0.15) is 10.7 Å². The Balaban J connectivity index is 2.37. The molecule has 6 heteroatoms. The number of sulfonamides is 1. The topological polar surface area (TPSA) is 46.2 Å². The molecule has 0 fully saturated rings. The van der Waals surface area contributed by atoms with Gasteiger partial charge in [-0.15, -0.1) is 0 Å². The predicted octanol–water partition coefficient (Wildman–Crippen LogP) is 3.28. The van der Waals surface area contributed by atoms with E-state index in [1.165, 1.54) is 30.3 Å². The van der Waals surface area contributed by atoms with Crippen LogP contribution in [0.3, 0.4) is 0 Å². The molecule has 0 radical (unpaired) electrons. The number of anilines is 1. The van der Waals surface area contributed by atoms with Gasteiger partial charge in [0, 0.05) is 0 Å². The molecule has 0 spiro atoms. The summed E-state index contributed by atoms with van der Waals surface area (Å²) in [7, 11) is -3.81. The molecule has 2 aromatic carbocycles. The average Bonchev–Trinajstić information content (AvgIpc) is 2.28. The number of hydrogen-bond acceptors (Lipinski definition) is 2. The summed E-state index contributed by atoms with van der Waals surface area (Å²) < 4.78 is 39.3. The summed E-state index contributed by atoms with van der Waals surface area (Å²) in [6.07, 6.45) is 0. The van der Waals surface area contributed by atoms with E-state index in [0.717, 1.165) is 6.07 Å². The van der Waals surface area contributed by atoms with Crippen molar-refractivity contribution in [2.24, 2.45) is 0 Å². The van der Waals surface area contributed by atoms with Crippen molar-refractivity contribution in [3.8, 4) is 0 Å². The van der Waals surface area contributed by atoms with E-state index in [1.807, 2.05) is 0 Å². The number of rotatable bonds is 3. The van der Waals surface area contributed by atoms with Crippen LogP contribution in [0, 0.1) is 5.82 Å². The summed E-state index contributed by atoms with van der Waals surface area (Å²) in [6.45, 7) is 0. The second kappa shape index (κ2) is 4.96. The van der Waals surface area contributed by atoms with Gasteiger partial charge < -0.3 is 0 Å². The van der Waals surface area contributed by atoms with Crippen LogP contribution in [0.15, 0.2) is 53.4 Å². The first-order valence-electron chi connectivity index (χ1n) is 5.02. The van der Waals surface area contributed by atoms with Gasteiger partial charge in [0.15, 0.2) is 0 Å². The van der Waals surface area contributed by atoms with Crippen molar-refractivity contribution in [1.29, 1.82) is 0 Å². The maximum Gasteiger partial charge on any atom is 0.263 e. The number of halogens is 2. The predicted molar refractivity (Wildman–Crippen MR) is 68.7 cm³/mol. The molecule has 0 atom stereocenters. The summed E-state index contributed by atoms with van der Waals surface area (Å²) in [5.41, 5.74) is 0.148. The van der Waals surface area contributed by atoms with E-state index in [1.54, 1.807) is 12.1 Å². The average molecular weight is 286 g/mol. The minimum Gasteiger partial charge on any atom is -0.279 e. The van der Waals surface area contributed by atoms with Crippen LogP contribution in [0.1, 0.15) is 0 Å². The maximum atomic E-state index is 13.0. The van der Waals surface area contributed by atoms with Crippen LogP contribution in [-0.4, -0.2) is 8.42 Å². The van der Waals surface area contributed by atoms with Crippen molar-refractivity contribution in [1.82, 2.24) is 0 Å². The van der Waals surface area contributed by atoms with Gasteiger partial charge in [0.25, 0.3) is 10.0 Å². The number of benzene rings is 2. The summed E-state index contributed by atoms with van der Waals surface area (Å²) in [4.78, 5) is -0.0454. The Morgan fingerprint density at radius 2 is 1.78 bits per heavy atom. The Bertz CT molecular complexity index is 673. The van der Waals surface area contributed by atoms with Gasteiger partial charge in [0.2, 0.25) is 0 Å². The van der Waals surface area contributed by atoms with Gasteiger partial charge in [0.05, 0.1) is 10.7 Å². The first-order chi connectivity index (χ1) is 8.49. The number of hydrogen-bond donors (Lipinski definition) is 1. The van der Waals surface area contributed by atoms with Gasteiger partial charge in [-0.25, -0.2) is 12.8 Å². The molecule has 0 unspecified atom stereocenters. The van der Waals surface area contributed by atoms with Crippen LogP contribution < -0.4 is 4.72 Å². The fourth-order valence-electron chi connectivity index (χ4n) is 1.42. The summed E-state index contributed by atoms with van der Waals surface area (Å²) in [5, 5.41) is 0.112. The van der Waals surface area contributed by atoms with Gasteiger partial charge in [-0.3, -0.25) is 4.72 Å². The summed E-state index contributed by atoms with van der Waals surface area (Å²) >= 11 is 5.81. The Hall–Kier alpha value is -1.59. The molecular formula is C12H9ClFNO2S. The lowest BCUT2D eigenvalue weighted by atomic mass is 10.3. The molecule has 0 saturated heterocycles. The van der Waals surface area contributed by atoms with Gasteiger partial charge in [-0.05, 0) is 30.3 Å². The molecule has 0 aliphatic heterocycles. The highest BCUT2D eigenvalue weighted by molar-refractivity contribution is 7.92. The molecular weight excluding hydrogens is 277 g/mol. The summed E-state index contributed by atoms with van der Waals surface area (Å²) in [6, 6.07) is 11.2. The molecule has 1 N–H and O–H groups in total. The van der Waals surface area contributed by atoms with Crippen LogP contribution in [0.4, 0.5) is 10.1 Å². The molecule has 0 saturated carbocycles. The Morgan fingerprint density at radius 3 is 2.44 bits per heavy atom. The third kappa shape index (κ3) is 2.80. The molecule has 0 heterocycles. The lowest BCUT2D eigenvalue weighted by molar-refractivity contribution is 0.601. The third-order valence-corrected chi connectivity index (χ3v) is 4.08. The van der Waals surface area contributed by atoms with Crippen LogP contribution in [0.2, 0.25) is 5.02 Å². The van der Waals surface area contributed by atoms with Gasteiger partial charge >= 0.3 is 0 Å². The molecule has 94 valence electrons. The van der Waals surface area contributed by atoms with Gasteiger partial charge in [-0.2, -0.15) is 0 Å². The summed E-state index contributed by atoms with van der Waals surface area (Å²) in [5.74, 6) is -0.519. The van der Waals surface area contributed by atoms with E-state index in [2.05, 4.69) is 4.72 Å². The van der Waals surface area contributed by atoms with Crippen molar-refractivity contribution in [2.45, 2.75) is 4.90 Å². The maximum absolute atomic E-state index is 13.0. The smallest absolute Gasteiger partial charge is 0.263 e. The molecule has 0 aliphatic rings. The van der Waals surface area contributed by atoms with Crippen molar-refractivity contribution in [3.05, 3.63) is 59.4 Å². The molecule has 0 aliphatic carbocycles. The second-order valence-corrected chi connectivity index (χ2v) is 5.60. The highest BCUT2D eigenvalue weighted by atomic mass is 35.5. The minimum atomic E-state index is -3.81. The number of nitrogens with one attached hydrogen (secondary N) is 1. The van der Waals surface area contributed by atoms with Crippen molar-refractivity contribution >= 4 is 27.3 Å². The third-order valence-electron chi connectivity index (χ3n) is 2.20. The monoisotopic (exact) mass is 285 g/mol. The fraction of sp³-hybridized carbons (Fsp3) is 0. The first kappa shape index (κ1) is 12.9. The largest absolute Gasteiger partial charge is 0.279 e. The molecule has 18 heavy (non-hydrogen) atoms. The molecule has 0 aromatic heterocycles. The van der Waals surface area contributed by atoms with E-state index in [-0.39, 0.29) is 15.6 Å². The Morgan fingerprint density at radius 1 is 1.06 bits per heavy atom. The highest BCUT2D eigenvalue weighted by Gasteiger charge is 2.17. The first-order valence-corrected chi connectivity index (χ1v) is 6.88. The normalized spacial score (nSPS) is 11.2. The van der Waals surface area contributed by atoms with Crippen molar-refractivity contribution < 1.29 is 12.8 Å². The van der Waals surface area contributed by atoms with Crippen molar-refractivity contribution in [2.75, 3.05) is 4.72 Å². The van der Waals surface area contributed by atoms with Crippen LogP contribution >= 0.6 is 11.6 Å². The molecule has 2 rings (SSSR count). The van der Waals surface area contributed by atoms with Crippen LogP contribution in [0.25, 0.3) is 0 Å². The van der Waals surface area contributed by atoms with E-state index < -0.39 is 15.8 Å². The van der Waals surface area contributed by atoms with Crippen molar-refractivity contribution in [3.63, 3.8) is 0 Å². The molecule has 3 nitrogen and oxygen atoms in total. The van der Waals surface area contributed by atoms with Crippen LogP contribution in [-0.2, 0) is 10.0 Å². The quantitative estimate of drug-likeness (QED) is 0.941.